The Labute approximate surface area is 113 Å². The zero-order valence-electron chi connectivity index (χ0n) is 10.0. The number of hydrogen-bond acceptors (Lipinski definition) is 4. The van der Waals surface area contributed by atoms with E-state index in [2.05, 4.69) is 5.32 Å². The molecule has 2 rings (SSSR count). The fraction of sp³-hybridized carbons (Fsp3) is 0.0769. The molecule has 5 nitrogen and oxygen atoms in total. The van der Waals surface area contributed by atoms with Gasteiger partial charge in [0.05, 0.1) is 11.3 Å². The molecule has 0 aliphatic rings. The molecule has 98 valence electrons. The van der Waals surface area contributed by atoms with E-state index < -0.39 is 11.7 Å². The van der Waals surface area contributed by atoms with Crippen LogP contribution in [0.25, 0.3) is 0 Å². The Balaban J connectivity index is 2.30. The highest BCUT2D eigenvalue weighted by Gasteiger charge is 2.16. The summed E-state index contributed by atoms with van der Waals surface area (Å²) in [6.07, 6.45) is 0. The lowest BCUT2D eigenvalue weighted by molar-refractivity contribution is 0.0693. The van der Waals surface area contributed by atoms with Crippen molar-refractivity contribution < 1.29 is 19.8 Å². The lowest BCUT2D eigenvalue weighted by Crippen LogP contribution is -2.13. The molecule has 1 aromatic carbocycles. The normalized spacial score (nSPS) is 10.2. The number of carbonyl (C=O) groups excluding carboxylic acids is 1. The maximum absolute atomic E-state index is 12.0. The van der Waals surface area contributed by atoms with Crippen LogP contribution in [0, 0.1) is 6.92 Å². The van der Waals surface area contributed by atoms with Gasteiger partial charge in [-0.3, -0.25) is 4.79 Å². The topological polar surface area (TPSA) is 86.6 Å². The second kappa shape index (κ2) is 5.11. The van der Waals surface area contributed by atoms with Crippen molar-refractivity contribution >= 4 is 28.9 Å². The standard InChI is InChI=1S/C13H11NO4S/c1-7-5-19-6-9(7)12(16)14-10-4-2-3-8(11(10)15)13(17)18/h2-6,15H,1H3,(H,14,16)(H,17,18). The number of anilines is 1. The van der Waals surface area contributed by atoms with Gasteiger partial charge < -0.3 is 15.5 Å². The predicted molar refractivity (Wildman–Crippen MR) is 72.1 cm³/mol. The van der Waals surface area contributed by atoms with Gasteiger partial charge in [-0.2, -0.15) is 11.3 Å². The molecule has 0 saturated heterocycles. The maximum Gasteiger partial charge on any atom is 0.339 e. The molecule has 2 aromatic rings. The predicted octanol–water partition coefficient (Wildman–Crippen LogP) is 2.71. The Kier molecular flexibility index (Phi) is 3.52. The smallest absolute Gasteiger partial charge is 0.339 e. The van der Waals surface area contributed by atoms with Crippen LogP contribution in [0.15, 0.2) is 29.0 Å². The Morgan fingerprint density at radius 2 is 1.95 bits per heavy atom. The molecule has 3 N–H and O–H groups in total. The number of carboxylic acid groups (broad SMARTS) is 1. The van der Waals surface area contributed by atoms with Gasteiger partial charge in [0.2, 0.25) is 0 Å². The third-order valence-corrected chi connectivity index (χ3v) is 3.48. The molecule has 0 atom stereocenters. The molecular formula is C13H11NO4S. The lowest BCUT2D eigenvalue weighted by Gasteiger charge is -2.08. The summed E-state index contributed by atoms with van der Waals surface area (Å²) in [5.74, 6) is -2.08. The van der Waals surface area contributed by atoms with E-state index in [9.17, 15) is 14.7 Å². The zero-order valence-corrected chi connectivity index (χ0v) is 10.8. The Morgan fingerprint density at radius 1 is 1.21 bits per heavy atom. The molecule has 0 spiro atoms. The minimum Gasteiger partial charge on any atom is -0.505 e. The highest BCUT2D eigenvalue weighted by molar-refractivity contribution is 7.08. The van der Waals surface area contributed by atoms with E-state index in [1.165, 1.54) is 29.5 Å². The van der Waals surface area contributed by atoms with Crippen molar-refractivity contribution in [1.29, 1.82) is 0 Å². The summed E-state index contributed by atoms with van der Waals surface area (Å²) in [7, 11) is 0. The van der Waals surface area contributed by atoms with Crippen molar-refractivity contribution in [3.63, 3.8) is 0 Å². The number of carbonyl (C=O) groups is 2. The van der Waals surface area contributed by atoms with Crippen molar-refractivity contribution in [3.8, 4) is 5.75 Å². The van der Waals surface area contributed by atoms with Crippen LogP contribution in [0.2, 0.25) is 0 Å². The molecular weight excluding hydrogens is 266 g/mol. The third-order valence-electron chi connectivity index (χ3n) is 2.61. The van der Waals surface area contributed by atoms with E-state index >= 15 is 0 Å². The molecule has 1 aromatic heterocycles. The summed E-state index contributed by atoms with van der Waals surface area (Å²) < 4.78 is 0. The fourth-order valence-corrected chi connectivity index (χ4v) is 2.43. The van der Waals surface area contributed by atoms with E-state index in [1.54, 1.807) is 12.3 Å². The Hall–Kier alpha value is -2.34. The summed E-state index contributed by atoms with van der Waals surface area (Å²) in [6, 6.07) is 4.17. The minimum absolute atomic E-state index is 0.0792. The van der Waals surface area contributed by atoms with E-state index in [-0.39, 0.29) is 17.2 Å². The largest absolute Gasteiger partial charge is 0.505 e. The molecule has 0 bridgehead atoms. The highest BCUT2D eigenvalue weighted by atomic mass is 32.1. The van der Waals surface area contributed by atoms with Gasteiger partial charge in [0.25, 0.3) is 5.91 Å². The van der Waals surface area contributed by atoms with Crippen molar-refractivity contribution in [2.24, 2.45) is 0 Å². The molecule has 0 aliphatic heterocycles. The van der Waals surface area contributed by atoms with Gasteiger partial charge in [-0.1, -0.05) is 6.07 Å². The van der Waals surface area contributed by atoms with Crippen LogP contribution in [-0.2, 0) is 0 Å². The van der Waals surface area contributed by atoms with Gasteiger partial charge in [-0.15, -0.1) is 0 Å². The van der Waals surface area contributed by atoms with Gasteiger partial charge in [0.1, 0.15) is 5.56 Å². The first-order chi connectivity index (χ1) is 9.00. The van der Waals surface area contributed by atoms with Crippen molar-refractivity contribution in [1.82, 2.24) is 0 Å². The van der Waals surface area contributed by atoms with Crippen LogP contribution in [0.4, 0.5) is 5.69 Å². The number of aromatic hydroxyl groups is 1. The first-order valence-corrected chi connectivity index (χ1v) is 6.34. The number of para-hydroxylation sites is 1. The van der Waals surface area contributed by atoms with E-state index in [0.29, 0.717) is 5.56 Å². The molecule has 0 fully saturated rings. The van der Waals surface area contributed by atoms with E-state index in [0.717, 1.165) is 5.56 Å². The fourth-order valence-electron chi connectivity index (χ4n) is 1.60. The molecule has 1 amide bonds. The first kappa shape index (κ1) is 13.1. The number of aromatic carboxylic acids is 1. The van der Waals surface area contributed by atoms with Crippen molar-refractivity contribution in [2.75, 3.05) is 5.32 Å². The average Bonchev–Trinajstić information content (AvgIpc) is 2.77. The molecule has 0 unspecified atom stereocenters. The molecule has 0 radical (unpaired) electrons. The van der Waals surface area contributed by atoms with Crippen LogP contribution in [0.3, 0.4) is 0 Å². The maximum atomic E-state index is 12.0. The number of thiophene rings is 1. The summed E-state index contributed by atoms with van der Waals surface area (Å²) >= 11 is 1.40. The van der Waals surface area contributed by atoms with Gasteiger partial charge in [0, 0.05) is 5.38 Å². The number of aryl methyl sites for hydroxylation is 1. The van der Waals surface area contributed by atoms with Crippen molar-refractivity contribution in [2.45, 2.75) is 6.92 Å². The second-order valence-electron chi connectivity index (χ2n) is 3.93. The SMILES string of the molecule is Cc1cscc1C(=O)Nc1cccc(C(=O)O)c1O. The number of benzene rings is 1. The summed E-state index contributed by atoms with van der Waals surface area (Å²) in [5.41, 5.74) is 1.16. The lowest BCUT2D eigenvalue weighted by atomic mass is 10.1. The number of amides is 1. The van der Waals surface area contributed by atoms with Gasteiger partial charge in [-0.05, 0) is 30.0 Å². The second-order valence-corrected chi connectivity index (χ2v) is 4.67. The third kappa shape index (κ3) is 2.58. The van der Waals surface area contributed by atoms with Crippen LogP contribution in [0.5, 0.6) is 5.75 Å². The number of carboxylic acids is 1. The average molecular weight is 277 g/mol. The molecule has 0 aliphatic carbocycles. The van der Waals surface area contributed by atoms with Gasteiger partial charge in [-0.25, -0.2) is 4.79 Å². The molecule has 0 saturated carbocycles. The van der Waals surface area contributed by atoms with Crippen LogP contribution in [-0.4, -0.2) is 22.1 Å². The quantitative estimate of drug-likeness (QED) is 0.753. The molecule has 1 heterocycles. The Bertz CT molecular complexity index is 648. The van der Waals surface area contributed by atoms with Crippen LogP contribution >= 0.6 is 11.3 Å². The summed E-state index contributed by atoms with van der Waals surface area (Å²) in [6.45, 7) is 1.80. The first-order valence-electron chi connectivity index (χ1n) is 5.40. The zero-order chi connectivity index (χ0) is 14.0. The van der Waals surface area contributed by atoms with Crippen LogP contribution in [0.1, 0.15) is 26.3 Å². The van der Waals surface area contributed by atoms with Crippen LogP contribution < -0.4 is 5.32 Å². The number of nitrogens with one attached hydrogen (secondary N) is 1. The minimum atomic E-state index is -1.25. The molecule has 6 heteroatoms. The molecule has 19 heavy (non-hydrogen) atoms. The number of hydrogen-bond donors (Lipinski definition) is 3. The summed E-state index contributed by atoms with van der Waals surface area (Å²) in [5, 5.41) is 24.7. The van der Waals surface area contributed by atoms with E-state index in [1.807, 2.05) is 5.38 Å². The number of phenols is 1. The van der Waals surface area contributed by atoms with Gasteiger partial charge >= 0.3 is 5.97 Å². The van der Waals surface area contributed by atoms with Gasteiger partial charge in [0.15, 0.2) is 5.75 Å². The Morgan fingerprint density at radius 3 is 2.53 bits per heavy atom. The highest BCUT2D eigenvalue weighted by Crippen LogP contribution is 2.28. The summed E-state index contributed by atoms with van der Waals surface area (Å²) in [4.78, 5) is 22.8. The number of rotatable bonds is 3. The monoisotopic (exact) mass is 277 g/mol. The van der Waals surface area contributed by atoms with Crippen molar-refractivity contribution in [3.05, 3.63) is 45.6 Å². The van der Waals surface area contributed by atoms with E-state index in [4.69, 9.17) is 5.11 Å².